The largest absolute Gasteiger partial charge is 0.435 e. The number of aliphatic imine (C=N–C) groups is 1. The highest BCUT2D eigenvalue weighted by molar-refractivity contribution is 5.78. The number of halogens is 2. The molecular weight excluding hydrogens is 300 g/mol. The summed E-state index contributed by atoms with van der Waals surface area (Å²) in [6, 6.07) is 7.39. The first-order valence-electron chi connectivity index (χ1n) is 8.27. The zero-order chi connectivity index (χ0) is 16.2. The molecular formula is C17H23F2N3O. The molecule has 2 aliphatic carbocycles. The number of rotatable bonds is 5. The fourth-order valence-electron chi connectivity index (χ4n) is 3.32. The molecule has 6 heteroatoms. The van der Waals surface area contributed by atoms with Gasteiger partial charge in [-0.15, -0.1) is 0 Å². The minimum absolute atomic E-state index is 0.0495. The van der Waals surface area contributed by atoms with E-state index in [1.165, 1.54) is 19.3 Å². The number of nitrogens with zero attached hydrogens (tertiary/aromatic N) is 1. The van der Waals surface area contributed by atoms with Crippen LogP contribution in [0.2, 0.25) is 0 Å². The fraction of sp³-hybridized carbons (Fsp3) is 0.588. The van der Waals surface area contributed by atoms with Crippen molar-refractivity contribution >= 4 is 5.96 Å². The standard InChI is InChI=1S/C17H23F2N3O/c18-16(19)23-15-9-5-4-8-12(15)13-10-14(13)22-17(20)21-11-6-2-1-3-7-11/h4-5,8-9,11,13-14,16H,1-3,6-7,10H2,(H3,20,21,22)/t13-,14+/m1/s1. The lowest BCUT2D eigenvalue weighted by molar-refractivity contribution is -0.0504. The quantitative estimate of drug-likeness (QED) is 0.645. The van der Waals surface area contributed by atoms with E-state index in [1.54, 1.807) is 12.1 Å². The minimum atomic E-state index is -2.81. The van der Waals surface area contributed by atoms with E-state index in [-0.39, 0.29) is 17.7 Å². The molecule has 3 rings (SSSR count). The molecule has 2 fully saturated rings. The number of nitrogens with two attached hydrogens (primary N) is 1. The molecule has 2 atom stereocenters. The van der Waals surface area contributed by atoms with Gasteiger partial charge in [-0.3, -0.25) is 0 Å². The first kappa shape index (κ1) is 16.0. The van der Waals surface area contributed by atoms with Gasteiger partial charge in [0.1, 0.15) is 5.75 Å². The van der Waals surface area contributed by atoms with Crippen molar-refractivity contribution in [1.29, 1.82) is 0 Å². The summed E-state index contributed by atoms with van der Waals surface area (Å²) in [5.74, 6) is 0.817. The first-order chi connectivity index (χ1) is 11.1. The Morgan fingerprint density at radius 1 is 1.22 bits per heavy atom. The number of hydrogen-bond donors (Lipinski definition) is 2. The zero-order valence-electron chi connectivity index (χ0n) is 13.1. The summed E-state index contributed by atoms with van der Waals surface area (Å²) in [7, 11) is 0. The van der Waals surface area contributed by atoms with Gasteiger partial charge in [0.05, 0.1) is 6.04 Å². The molecule has 2 aliphatic rings. The van der Waals surface area contributed by atoms with Gasteiger partial charge in [-0.05, 0) is 30.9 Å². The predicted molar refractivity (Wildman–Crippen MR) is 85.9 cm³/mol. The third kappa shape index (κ3) is 4.33. The molecule has 1 aromatic carbocycles. The van der Waals surface area contributed by atoms with Gasteiger partial charge in [-0.2, -0.15) is 8.78 Å². The summed E-state index contributed by atoms with van der Waals surface area (Å²) >= 11 is 0. The Morgan fingerprint density at radius 2 is 1.96 bits per heavy atom. The average molecular weight is 323 g/mol. The number of guanidine groups is 1. The van der Waals surface area contributed by atoms with Crippen molar-refractivity contribution < 1.29 is 13.5 Å². The molecule has 0 saturated heterocycles. The normalized spacial score (nSPS) is 25.4. The molecule has 0 heterocycles. The van der Waals surface area contributed by atoms with Crippen LogP contribution in [0, 0.1) is 0 Å². The van der Waals surface area contributed by atoms with Gasteiger partial charge in [0, 0.05) is 12.0 Å². The summed E-state index contributed by atoms with van der Waals surface area (Å²) < 4.78 is 29.5. The van der Waals surface area contributed by atoms with Crippen molar-refractivity contribution in [3.8, 4) is 5.75 Å². The number of para-hydroxylation sites is 1. The number of benzene rings is 1. The summed E-state index contributed by atoms with van der Waals surface area (Å²) in [6.07, 6.45) is 6.84. The Balaban J connectivity index is 1.59. The van der Waals surface area contributed by atoms with E-state index in [2.05, 4.69) is 15.0 Å². The zero-order valence-corrected chi connectivity index (χ0v) is 13.1. The summed E-state index contributed by atoms with van der Waals surface area (Å²) in [5, 5.41) is 3.29. The lowest BCUT2D eigenvalue weighted by Crippen LogP contribution is -2.41. The van der Waals surface area contributed by atoms with Crippen LogP contribution in [-0.2, 0) is 0 Å². The Bertz CT molecular complexity index is 559. The second-order valence-electron chi connectivity index (χ2n) is 6.32. The van der Waals surface area contributed by atoms with Gasteiger partial charge in [-0.1, -0.05) is 37.5 Å². The molecule has 2 saturated carbocycles. The smallest absolute Gasteiger partial charge is 0.387 e. The van der Waals surface area contributed by atoms with Crippen LogP contribution in [0.25, 0.3) is 0 Å². The van der Waals surface area contributed by atoms with E-state index in [9.17, 15) is 8.78 Å². The third-order valence-corrected chi connectivity index (χ3v) is 4.55. The van der Waals surface area contributed by atoms with E-state index in [0.717, 1.165) is 24.8 Å². The minimum Gasteiger partial charge on any atom is -0.435 e. The van der Waals surface area contributed by atoms with Gasteiger partial charge in [0.15, 0.2) is 5.96 Å². The summed E-state index contributed by atoms with van der Waals surface area (Å²) in [6.45, 7) is -2.81. The maximum absolute atomic E-state index is 12.5. The van der Waals surface area contributed by atoms with E-state index in [4.69, 9.17) is 5.73 Å². The van der Waals surface area contributed by atoms with Crippen LogP contribution in [0.4, 0.5) is 8.78 Å². The summed E-state index contributed by atoms with van der Waals surface area (Å²) in [4.78, 5) is 4.50. The second-order valence-corrected chi connectivity index (χ2v) is 6.32. The van der Waals surface area contributed by atoms with Crippen molar-refractivity contribution in [2.24, 2.45) is 10.7 Å². The first-order valence-corrected chi connectivity index (χ1v) is 8.27. The molecule has 0 radical (unpaired) electrons. The number of ether oxygens (including phenoxy) is 1. The van der Waals surface area contributed by atoms with Crippen molar-refractivity contribution in [2.75, 3.05) is 0 Å². The van der Waals surface area contributed by atoms with Crippen LogP contribution in [0.1, 0.15) is 50.0 Å². The van der Waals surface area contributed by atoms with Crippen molar-refractivity contribution in [2.45, 2.75) is 63.1 Å². The molecule has 0 aromatic heterocycles. The molecule has 0 spiro atoms. The molecule has 0 bridgehead atoms. The molecule has 23 heavy (non-hydrogen) atoms. The van der Waals surface area contributed by atoms with Gasteiger partial charge >= 0.3 is 6.61 Å². The number of hydrogen-bond acceptors (Lipinski definition) is 2. The van der Waals surface area contributed by atoms with Crippen LogP contribution in [-0.4, -0.2) is 24.7 Å². The van der Waals surface area contributed by atoms with Crippen molar-refractivity contribution in [3.05, 3.63) is 29.8 Å². The SMILES string of the molecule is NC(=N[C@H]1C[C@@H]1c1ccccc1OC(F)F)NC1CCCCC1. The second kappa shape index (κ2) is 7.15. The Kier molecular flexibility index (Phi) is 4.98. The Morgan fingerprint density at radius 3 is 2.70 bits per heavy atom. The fourth-order valence-corrected chi connectivity index (χ4v) is 3.32. The molecule has 1 aromatic rings. The van der Waals surface area contributed by atoms with Gasteiger partial charge in [0.25, 0.3) is 0 Å². The highest BCUT2D eigenvalue weighted by Gasteiger charge is 2.40. The number of alkyl halides is 2. The maximum Gasteiger partial charge on any atom is 0.387 e. The number of nitrogens with one attached hydrogen (secondary N) is 1. The molecule has 0 aliphatic heterocycles. The van der Waals surface area contributed by atoms with Crippen LogP contribution in [0.3, 0.4) is 0 Å². The Hall–Kier alpha value is -1.85. The molecule has 3 N–H and O–H groups in total. The lowest BCUT2D eigenvalue weighted by Gasteiger charge is -2.23. The van der Waals surface area contributed by atoms with Crippen LogP contribution >= 0.6 is 0 Å². The highest BCUT2D eigenvalue weighted by atomic mass is 19.3. The van der Waals surface area contributed by atoms with Crippen molar-refractivity contribution in [3.63, 3.8) is 0 Å². The predicted octanol–water partition coefficient (Wildman–Crippen LogP) is 3.38. The Labute approximate surface area is 135 Å². The molecule has 4 nitrogen and oxygen atoms in total. The van der Waals surface area contributed by atoms with Gasteiger partial charge in [0.2, 0.25) is 0 Å². The van der Waals surface area contributed by atoms with Crippen LogP contribution in [0.5, 0.6) is 5.75 Å². The lowest BCUT2D eigenvalue weighted by atomic mass is 9.96. The van der Waals surface area contributed by atoms with E-state index in [1.807, 2.05) is 12.1 Å². The average Bonchev–Trinajstić information content (AvgIpc) is 3.27. The third-order valence-electron chi connectivity index (χ3n) is 4.55. The molecule has 126 valence electrons. The van der Waals surface area contributed by atoms with Gasteiger partial charge < -0.3 is 15.8 Å². The van der Waals surface area contributed by atoms with Gasteiger partial charge in [-0.25, -0.2) is 4.99 Å². The van der Waals surface area contributed by atoms with E-state index in [0.29, 0.717) is 12.0 Å². The summed E-state index contributed by atoms with van der Waals surface area (Å²) in [5.41, 5.74) is 6.78. The van der Waals surface area contributed by atoms with E-state index < -0.39 is 6.61 Å². The molecule has 0 amide bonds. The van der Waals surface area contributed by atoms with Crippen molar-refractivity contribution in [1.82, 2.24) is 5.32 Å². The van der Waals surface area contributed by atoms with Crippen LogP contribution in [0.15, 0.2) is 29.3 Å². The molecule has 0 unspecified atom stereocenters. The van der Waals surface area contributed by atoms with Crippen LogP contribution < -0.4 is 15.8 Å². The monoisotopic (exact) mass is 323 g/mol. The highest BCUT2D eigenvalue weighted by Crippen LogP contribution is 2.47. The topological polar surface area (TPSA) is 59.6 Å². The maximum atomic E-state index is 12.5. The van der Waals surface area contributed by atoms with E-state index >= 15 is 0 Å².